The van der Waals surface area contributed by atoms with E-state index in [2.05, 4.69) is 0 Å². The summed E-state index contributed by atoms with van der Waals surface area (Å²) in [6, 6.07) is 2.28. The van der Waals surface area contributed by atoms with Gasteiger partial charge in [0.25, 0.3) is 0 Å². The third kappa shape index (κ3) is 3.46. The van der Waals surface area contributed by atoms with Gasteiger partial charge in [0.05, 0.1) is 0 Å². The maximum atomic E-state index is 11.0. The molecular formula is C11H9ClO6. The first-order valence-corrected chi connectivity index (χ1v) is 5.12. The number of halogens is 1. The zero-order valence-electron chi connectivity index (χ0n) is 9.52. The van der Waals surface area contributed by atoms with Crippen molar-refractivity contribution in [2.24, 2.45) is 0 Å². The van der Waals surface area contributed by atoms with Gasteiger partial charge in [0.15, 0.2) is 11.5 Å². The molecule has 7 heteroatoms. The molecule has 0 bridgehead atoms. The van der Waals surface area contributed by atoms with Crippen LogP contribution in [-0.2, 0) is 9.59 Å². The number of hydrogen-bond donors (Lipinski definition) is 1. The molecule has 1 rings (SSSR count). The van der Waals surface area contributed by atoms with Crippen molar-refractivity contribution in [3.63, 3.8) is 0 Å². The molecule has 0 heterocycles. The fourth-order valence-electron chi connectivity index (χ4n) is 1.21. The molecule has 0 unspecified atom stereocenters. The van der Waals surface area contributed by atoms with Gasteiger partial charge in [-0.2, -0.15) is 0 Å². The number of benzene rings is 1. The highest BCUT2D eigenvalue weighted by Crippen LogP contribution is 2.35. The lowest BCUT2D eigenvalue weighted by Crippen LogP contribution is -2.11. The Hall–Kier alpha value is -2.08. The van der Waals surface area contributed by atoms with Crippen molar-refractivity contribution < 1.29 is 29.0 Å². The van der Waals surface area contributed by atoms with Crippen LogP contribution >= 0.6 is 11.6 Å². The minimum atomic E-state index is -1.36. The van der Waals surface area contributed by atoms with Gasteiger partial charge in [-0.15, -0.1) is 0 Å². The van der Waals surface area contributed by atoms with Gasteiger partial charge in [-0.25, -0.2) is 4.79 Å². The number of aromatic carboxylic acids is 1. The molecule has 0 saturated heterocycles. The van der Waals surface area contributed by atoms with Gasteiger partial charge in [0, 0.05) is 24.9 Å². The summed E-state index contributed by atoms with van der Waals surface area (Å²) in [7, 11) is 0. The summed E-state index contributed by atoms with van der Waals surface area (Å²) in [5.41, 5.74) is -0.367. The summed E-state index contributed by atoms with van der Waals surface area (Å²) < 4.78 is 9.49. The van der Waals surface area contributed by atoms with E-state index >= 15 is 0 Å². The van der Waals surface area contributed by atoms with Crippen molar-refractivity contribution in [3.05, 3.63) is 22.7 Å². The summed E-state index contributed by atoms with van der Waals surface area (Å²) in [5.74, 6) is -3.37. The maximum absolute atomic E-state index is 11.0. The second-order valence-electron chi connectivity index (χ2n) is 3.27. The quantitative estimate of drug-likeness (QED) is 0.667. The molecule has 0 spiro atoms. The highest BCUT2D eigenvalue weighted by Gasteiger charge is 2.21. The van der Waals surface area contributed by atoms with Crippen LogP contribution < -0.4 is 9.47 Å². The first kappa shape index (κ1) is 14.0. The van der Waals surface area contributed by atoms with Crippen molar-refractivity contribution >= 4 is 29.5 Å². The molecule has 0 amide bonds. The van der Waals surface area contributed by atoms with Crippen molar-refractivity contribution in [1.29, 1.82) is 0 Å². The molecule has 96 valence electrons. The van der Waals surface area contributed by atoms with E-state index in [0.717, 1.165) is 19.9 Å². The minimum Gasteiger partial charge on any atom is -0.478 e. The summed E-state index contributed by atoms with van der Waals surface area (Å²) in [6.45, 7) is 2.22. The third-order valence-corrected chi connectivity index (χ3v) is 1.97. The minimum absolute atomic E-state index is 0.0413. The van der Waals surface area contributed by atoms with E-state index in [0.29, 0.717) is 0 Å². The van der Waals surface area contributed by atoms with Crippen LogP contribution in [0.5, 0.6) is 11.5 Å². The number of rotatable bonds is 3. The van der Waals surface area contributed by atoms with Gasteiger partial charge in [0.2, 0.25) is 0 Å². The number of carboxylic acids is 1. The number of ether oxygens (including phenoxy) is 2. The Morgan fingerprint density at radius 1 is 1.11 bits per heavy atom. The van der Waals surface area contributed by atoms with Gasteiger partial charge >= 0.3 is 17.9 Å². The molecule has 0 radical (unpaired) electrons. The third-order valence-electron chi connectivity index (χ3n) is 1.75. The lowest BCUT2D eigenvalue weighted by atomic mass is 10.2. The number of carbonyl (C=O) groups excluding carboxylic acids is 2. The van der Waals surface area contributed by atoms with Gasteiger partial charge in [0.1, 0.15) is 5.56 Å². The summed E-state index contributed by atoms with van der Waals surface area (Å²) in [4.78, 5) is 32.8. The molecule has 1 aromatic carbocycles. The van der Waals surface area contributed by atoms with Crippen LogP contribution in [0.2, 0.25) is 5.02 Å². The van der Waals surface area contributed by atoms with E-state index in [1.165, 1.54) is 6.07 Å². The van der Waals surface area contributed by atoms with E-state index in [4.69, 9.17) is 26.2 Å². The van der Waals surface area contributed by atoms with Crippen molar-refractivity contribution in [2.45, 2.75) is 13.8 Å². The molecule has 18 heavy (non-hydrogen) atoms. The fourth-order valence-corrected chi connectivity index (χ4v) is 1.42. The average molecular weight is 273 g/mol. The van der Waals surface area contributed by atoms with Crippen LogP contribution in [-0.4, -0.2) is 23.0 Å². The second kappa shape index (κ2) is 5.50. The number of esters is 2. The molecule has 0 atom stereocenters. The molecule has 6 nitrogen and oxygen atoms in total. The largest absolute Gasteiger partial charge is 0.478 e. The van der Waals surface area contributed by atoms with Crippen LogP contribution in [0.4, 0.5) is 0 Å². The van der Waals surface area contributed by atoms with Crippen LogP contribution in [0, 0.1) is 0 Å². The molecule has 0 aromatic heterocycles. The van der Waals surface area contributed by atoms with Crippen LogP contribution in [0.25, 0.3) is 0 Å². The molecular weight excluding hydrogens is 264 g/mol. The maximum Gasteiger partial charge on any atom is 0.339 e. The highest BCUT2D eigenvalue weighted by molar-refractivity contribution is 6.31. The molecule has 0 fully saturated rings. The predicted molar refractivity (Wildman–Crippen MR) is 61.0 cm³/mol. The Bertz CT molecular complexity index is 523. The zero-order chi connectivity index (χ0) is 13.9. The topological polar surface area (TPSA) is 89.9 Å². The molecule has 0 aliphatic heterocycles. The normalized spacial score (nSPS) is 9.72. The molecule has 0 aliphatic rings. The zero-order valence-corrected chi connectivity index (χ0v) is 10.3. The first-order chi connectivity index (χ1) is 8.31. The van der Waals surface area contributed by atoms with Crippen molar-refractivity contribution in [3.8, 4) is 11.5 Å². The Labute approximate surface area is 107 Å². The monoisotopic (exact) mass is 272 g/mol. The number of hydrogen-bond acceptors (Lipinski definition) is 5. The smallest absolute Gasteiger partial charge is 0.339 e. The fraction of sp³-hybridized carbons (Fsp3) is 0.182. The predicted octanol–water partition coefficient (Wildman–Crippen LogP) is 1.89. The Kier molecular flexibility index (Phi) is 4.28. The molecule has 1 N–H and O–H groups in total. The Morgan fingerprint density at radius 3 is 2.11 bits per heavy atom. The molecule has 1 aromatic rings. The van der Waals surface area contributed by atoms with Crippen LogP contribution in [0.1, 0.15) is 24.2 Å². The van der Waals surface area contributed by atoms with E-state index < -0.39 is 17.9 Å². The number of carboxylic acid groups (broad SMARTS) is 1. The highest BCUT2D eigenvalue weighted by atomic mass is 35.5. The Balaban J connectivity index is 3.41. The average Bonchev–Trinajstić information content (AvgIpc) is 2.19. The number of carbonyl (C=O) groups is 3. The van der Waals surface area contributed by atoms with Gasteiger partial charge in [-0.1, -0.05) is 11.6 Å². The van der Waals surface area contributed by atoms with E-state index in [1.54, 1.807) is 0 Å². The van der Waals surface area contributed by atoms with Crippen molar-refractivity contribution in [1.82, 2.24) is 0 Å². The van der Waals surface area contributed by atoms with Crippen LogP contribution in [0.15, 0.2) is 12.1 Å². The standard InChI is InChI=1S/C11H9ClO6/c1-5(13)17-9-4-7(12)3-8(11(15)16)10(9)18-6(2)14/h3-4H,1-2H3,(H,15,16). The van der Waals surface area contributed by atoms with Crippen LogP contribution in [0.3, 0.4) is 0 Å². The second-order valence-corrected chi connectivity index (χ2v) is 3.71. The summed E-state index contributed by atoms with van der Waals surface area (Å²) >= 11 is 5.69. The van der Waals surface area contributed by atoms with E-state index in [1.807, 2.05) is 0 Å². The first-order valence-electron chi connectivity index (χ1n) is 4.75. The SMILES string of the molecule is CC(=O)Oc1cc(Cl)cc(C(=O)O)c1OC(C)=O. The van der Waals surface area contributed by atoms with Gasteiger partial charge < -0.3 is 14.6 Å². The lowest BCUT2D eigenvalue weighted by Gasteiger charge is -2.11. The van der Waals surface area contributed by atoms with Gasteiger partial charge in [-0.05, 0) is 6.07 Å². The van der Waals surface area contributed by atoms with E-state index in [9.17, 15) is 14.4 Å². The summed E-state index contributed by atoms with van der Waals surface area (Å²) in [6.07, 6.45) is 0. The van der Waals surface area contributed by atoms with E-state index in [-0.39, 0.29) is 22.1 Å². The summed E-state index contributed by atoms with van der Waals surface area (Å²) in [5, 5.41) is 9.01. The lowest BCUT2D eigenvalue weighted by molar-refractivity contribution is -0.134. The molecule has 0 aliphatic carbocycles. The molecule has 0 saturated carbocycles. The van der Waals surface area contributed by atoms with Gasteiger partial charge in [-0.3, -0.25) is 9.59 Å². The van der Waals surface area contributed by atoms with Crippen molar-refractivity contribution in [2.75, 3.05) is 0 Å². The Morgan fingerprint density at radius 2 is 1.67 bits per heavy atom.